The van der Waals surface area contributed by atoms with Crippen LogP contribution in [0.3, 0.4) is 0 Å². The van der Waals surface area contributed by atoms with Crippen molar-refractivity contribution < 1.29 is 9.53 Å². The zero-order chi connectivity index (χ0) is 12.5. The lowest BCUT2D eigenvalue weighted by Crippen LogP contribution is -2.46. The fourth-order valence-electron chi connectivity index (χ4n) is 2.25. The standard InChI is InChI=1S/C11H16IN3O2/c1-2-17-10(16)11(13)4-3-9(5-11)15-7-8(12)6-14-15/h6-7,9H,2-5,13H2,1H3. The van der Waals surface area contributed by atoms with Gasteiger partial charge in [0.1, 0.15) is 5.54 Å². The van der Waals surface area contributed by atoms with Gasteiger partial charge in [0.15, 0.2) is 0 Å². The molecular weight excluding hydrogens is 333 g/mol. The van der Waals surface area contributed by atoms with E-state index in [-0.39, 0.29) is 12.0 Å². The summed E-state index contributed by atoms with van der Waals surface area (Å²) in [4.78, 5) is 11.8. The van der Waals surface area contributed by atoms with Gasteiger partial charge >= 0.3 is 5.97 Å². The first kappa shape index (κ1) is 12.8. The number of nitrogens with zero attached hydrogens (tertiary/aromatic N) is 2. The van der Waals surface area contributed by atoms with Crippen molar-refractivity contribution in [2.24, 2.45) is 5.73 Å². The van der Waals surface area contributed by atoms with E-state index in [1.165, 1.54) is 0 Å². The predicted octanol–water partition coefficient (Wildman–Crippen LogP) is 1.47. The van der Waals surface area contributed by atoms with Crippen LogP contribution in [0.15, 0.2) is 12.4 Å². The molecule has 0 radical (unpaired) electrons. The molecule has 6 heteroatoms. The lowest BCUT2D eigenvalue weighted by atomic mass is 9.99. The molecule has 2 atom stereocenters. The summed E-state index contributed by atoms with van der Waals surface area (Å²) >= 11 is 2.22. The highest BCUT2D eigenvalue weighted by atomic mass is 127. The molecule has 17 heavy (non-hydrogen) atoms. The molecule has 1 aromatic heterocycles. The molecule has 1 saturated carbocycles. The first-order valence-corrected chi connectivity index (χ1v) is 6.79. The Labute approximate surface area is 114 Å². The molecule has 5 nitrogen and oxygen atoms in total. The Kier molecular flexibility index (Phi) is 3.72. The maximum Gasteiger partial charge on any atom is 0.326 e. The summed E-state index contributed by atoms with van der Waals surface area (Å²) in [6.07, 6.45) is 5.91. The summed E-state index contributed by atoms with van der Waals surface area (Å²) in [5.41, 5.74) is 5.27. The van der Waals surface area contributed by atoms with Crippen molar-refractivity contribution in [3.63, 3.8) is 0 Å². The van der Waals surface area contributed by atoms with E-state index in [4.69, 9.17) is 10.5 Å². The van der Waals surface area contributed by atoms with Gasteiger partial charge in [-0.2, -0.15) is 5.10 Å². The molecule has 0 saturated heterocycles. The zero-order valence-electron chi connectivity index (χ0n) is 9.73. The molecule has 94 valence electrons. The summed E-state index contributed by atoms with van der Waals surface area (Å²) in [6.45, 7) is 2.17. The second kappa shape index (κ2) is 4.93. The third-order valence-corrected chi connectivity index (χ3v) is 3.71. The monoisotopic (exact) mass is 349 g/mol. The van der Waals surface area contributed by atoms with Gasteiger partial charge < -0.3 is 10.5 Å². The number of hydrogen-bond donors (Lipinski definition) is 1. The van der Waals surface area contributed by atoms with Gasteiger partial charge in [-0.3, -0.25) is 9.48 Å². The van der Waals surface area contributed by atoms with Gasteiger partial charge in [0, 0.05) is 6.20 Å². The summed E-state index contributed by atoms with van der Waals surface area (Å²) < 4.78 is 8.01. The number of aromatic nitrogens is 2. The number of nitrogens with two attached hydrogens (primary N) is 1. The minimum atomic E-state index is -0.835. The van der Waals surface area contributed by atoms with Gasteiger partial charge in [-0.1, -0.05) is 0 Å². The maximum atomic E-state index is 11.8. The molecule has 1 fully saturated rings. The smallest absolute Gasteiger partial charge is 0.326 e. The van der Waals surface area contributed by atoms with E-state index in [0.29, 0.717) is 19.4 Å². The number of hydrogen-bond acceptors (Lipinski definition) is 4. The topological polar surface area (TPSA) is 70.1 Å². The molecule has 2 N–H and O–H groups in total. The van der Waals surface area contributed by atoms with Crippen molar-refractivity contribution in [3.05, 3.63) is 16.0 Å². The fourth-order valence-corrected chi connectivity index (χ4v) is 2.66. The molecule has 0 aliphatic heterocycles. The summed E-state index contributed by atoms with van der Waals surface area (Å²) in [7, 11) is 0. The molecule has 0 aromatic carbocycles. The molecule has 1 aliphatic carbocycles. The van der Waals surface area contributed by atoms with Crippen molar-refractivity contribution in [3.8, 4) is 0 Å². The Balaban J connectivity index is 2.06. The van der Waals surface area contributed by atoms with Gasteiger partial charge in [0.25, 0.3) is 0 Å². The third-order valence-electron chi connectivity index (χ3n) is 3.15. The second-order valence-electron chi connectivity index (χ2n) is 4.41. The Bertz CT molecular complexity index is 421. The van der Waals surface area contributed by atoms with Gasteiger partial charge in [0.2, 0.25) is 0 Å². The molecule has 1 heterocycles. The first-order chi connectivity index (χ1) is 8.05. The highest BCUT2D eigenvalue weighted by molar-refractivity contribution is 14.1. The van der Waals surface area contributed by atoms with Crippen molar-refractivity contribution in [2.75, 3.05) is 6.61 Å². The summed E-state index contributed by atoms with van der Waals surface area (Å²) in [5.74, 6) is -0.288. The van der Waals surface area contributed by atoms with E-state index >= 15 is 0 Å². The molecule has 2 unspecified atom stereocenters. The largest absolute Gasteiger partial charge is 0.465 e. The first-order valence-electron chi connectivity index (χ1n) is 5.71. The summed E-state index contributed by atoms with van der Waals surface area (Å²) in [6, 6.07) is 0.202. The third kappa shape index (κ3) is 2.62. The Morgan fingerprint density at radius 2 is 2.59 bits per heavy atom. The SMILES string of the molecule is CCOC(=O)C1(N)CCC(n2cc(I)cn2)C1. The van der Waals surface area contributed by atoms with E-state index < -0.39 is 5.54 Å². The number of carbonyl (C=O) groups is 1. The van der Waals surface area contributed by atoms with Crippen LogP contribution in [0.4, 0.5) is 0 Å². The van der Waals surface area contributed by atoms with Crippen LogP contribution in [0.1, 0.15) is 32.2 Å². The van der Waals surface area contributed by atoms with E-state index in [1.54, 1.807) is 13.1 Å². The minimum absolute atomic E-state index is 0.202. The van der Waals surface area contributed by atoms with Crippen LogP contribution in [-0.2, 0) is 9.53 Å². The van der Waals surface area contributed by atoms with Gasteiger partial charge in [-0.15, -0.1) is 0 Å². The van der Waals surface area contributed by atoms with E-state index in [1.807, 2.05) is 10.9 Å². The van der Waals surface area contributed by atoms with Gasteiger partial charge in [-0.25, -0.2) is 0 Å². The highest BCUT2D eigenvalue weighted by Crippen LogP contribution is 2.36. The van der Waals surface area contributed by atoms with E-state index in [2.05, 4.69) is 27.7 Å². The maximum absolute atomic E-state index is 11.8. The van der Waals surface area contributed by atoms with Crippen molar-refractivity contribution in [2.45, 2.75) is 37.8 Å². The molecule has 0 amide bonds. The number of ether oxygens (including phenoxy) is 1. The normalized spacial score (nSPS) is 28.3. The number of rotatable bonds is 3. The average Bonchev–Trinajstić information content (AvgIpc) is 2.86. The molecule has 1 aromatic rings. The quantitative estimate of drug-likeness (QED) is 0.663. The Hall–Kier alpha value is -0.630. The fraction of sp³-hybridized carbons (Fsp3) is 0.636. The Morgan fingerprint density at radius 3 is 3.18 bits per heavy atom. The second-order valence-corrected chi connectivity index (χ2v) is 5.66. The van der Waals surface area contributed by atoms with Crippen molar-refractivity contribution in [1.29, 1.82) is 0 Å². The molecule has 0 spiro atoms. The lowest BCUT2D eigenvalue weighted by Gasteiger charge is -2.21. The van der Waals surface area contributed by atoms with Crippen LogP contribution in [0.5, 0.6) is 0 Å². The van der Waals surface area contributed by atoms with Gasteiger partial charge in [-0.05, 0) is 48.8 Å². The predicted molar refractivity (Wildman–Crippen MR) is 71.4 cm³/mol. The van der Waals surface area contributed by atoms with Crippen LogP contribution in [0, 0.1) is 3.57 Å². The van der Waals surface area contributed by atoms with Crippen LogP contribution in [-0.4, -0.2) is 27.9 Å². The number of carbonyl (C=O) groups excluding carboxylic acids is 1. The van der Waals surface area contributed by atoms with Crippen molar-refractivity contribution in [1.82, 2.24) is 9.78 Å². The number of halogens is 1. The number of esters is 1. The molecule has 1 aliphatic rings. The van der Waals surface area contributed by atoms with Gasteiger partial charge in [0.05, 0.1) is 22.4 Å². The van der Waals surface area contributed by atoms with Crippen molar-refractivity contribution >= 4 is 28.6 Å². The highest BCUT2D eigenvalue weighted by Gasteiger charge is 2.44. The minimum Gasteiger partial charge on any atom is -0.465 e. The van der Waals surface area contributed by atoms with Crippen LogP contribution in [0.2, 0.25) is 0 Å². The van der Waals surface area contributed by atoms with Crippen LogP contribution < -0.4 is 5.73 Å². The Morgan fingerprint density at radius 1 is 1.82 bits per heavy atom. The molecule has 2 rings (SSSR count). The summed E-state index contributed by atoms with van der Waals surface area (Å²) in [5, 5.41) is 4.27. The van der Waals surface area contributed by atoms with E-state index in [0.717, 1.165) is 9.99 Å². The molecular formula is C11H16IN3O2. The lowest BCUT2D eigenvalue weighted by molar-refractivity contribution is -0.149. The van der Waals surface area contributed by atoms with Crippen LogP contribution >= 0.6 is 22.6 Å². The average molecular weight is 349 g/mol. The molecule has 0 bridgehead atoms. The van der Waals surface area contributed by atoms with Crippen LogP contribution in [0.25, 0.3) is 0 Å². The van der Waals surface area contributed by atoms with E-state index in [9.17, 15) is 4.79 Å². The zero-order valence-corrected chi connectivity index (χ0v) is 11.9.